The first-order valence-corrected chi connectivity index (χ1v) is 9.18. The first kappa shape index (κ1) is 20.5. The van der Waals surface area contributed by atoms with Crippen molar-refractivity contribution in [3.8, 4) is 11.8 Å². The molecule has 1 fully saturated rings. The number of aliphatic hydroxyl groups is 1. The van der Waals surface area contributed by atoms with Gasteiger partial charge in [-0.2, -0.15) is 0 Å². The predicted molar refractivity (Wildman–Crippen MR) is 103 cm³/mol. The molecule has 144 valence electrons. The molecule has 2 atom stereocenters. The average molecular weight is 370 g/mol. The Hall–Kier alpha value is -2.78. The van der Waals surface area contributed by atoms with Gasteiger partial charge in [0.05, 0.1) is 18.7 Å². The fraction of sp³-hybridized carbons (Fsp3) is 0.429. The molecule has 1 saturated heterocycles. The molecular formula is C21H26N2O4. The molecule has 27 heavy (non-hydrogen) atoms. The Labute approximate surface area is 159 Å². The first-order chi connectivity index (χ1) is 13.1. The zero-order valence-corrected chi connectivity index (χ0v) is 15.3. The largest absolute Gasteiger partial charge is 0.481 e. The molecule has 0 saturated carbocycles. The van der Waals surface area contributed by atoms with Crippen LogP contribution in [0, 0.1) is 11.8 Å². The Kier molecular flexibility index (Phi) is 8.40. The third-order valence-corrected chi connectivity index (χ3v) is 4.29. The lowest BCUT2D eigenvalue weighted by Gasteiger charge is -2.33. The zero-order valence-electron chi connectivity index (χ0n) is 15.3. The van der Waals surface area contributed by atoms with Crippen LogP contribution in [-0.2, 0) is 11.2 Å². The van der Waals surface area contributed by atoms with Crippen LogP contribution in [0.3, 0.4) is 0 Å². The van der Waals surface area contributed by atoms with Crippen LogP contribution in [0.2, 0.25) is 0 Å². The molecule has 0 aromatic heterocycles. The predicted octanol–water partition coefficient (Wildman–Crippen LogP) is 2.19. The van der Waals surface area contributed by atoms with Gasteiger partial charge in [0.15, 0.2) is 0 Å². The number of urea groups is 1. The van der Waals surface area contributed by atoms with E-state index in [9.17, 15) is 14.7 Å². The number of carbonyl (C=O) groups is 2. The standard InChI is InChI=1S/C21H26N2O4/c24-19(16-17-8-4-3-5-9-17)12-11-18-13-14-22-21(27)23(18)15-7-2-1-6-10-20(25)26/h3-5,8-9,11-12,18-19,24H,1,6,10,13-16H2,(H,22,27)(H,25,26)/t18-,19?/m0/s1. The van der Waals surface area contributed by atoms with E-state index in [1.54, 1.807) is 11.0 Å². The number of amides is 2. The highest BCUT2D eigenvalue weighted by molar-refractivity contribution is 5.76. The smallest absolute Gasteiger partial charge is 0.318 e. The first-order valence-electron chi connectivity index (χ1n) is 9.18. The van der Waals surface area contributed by atoms with Crippen molar-refractivity contribution >= 4 is 12.0 Å². The highest BCUT2D eigenvalue weighted by Crippen LogP contribution is 2.12. The molecule has 2 amide bonds. The van der Waals surface area contributed by atoms with E-state index >= 15 is 0 Å². The molecule has 1 heterocycles. The number of aliphatic hydroxyl groups excluding tert-OH is 1. The molecule has 2 rings (SSSR count). The van der Waals surface area contributed by atoms with Gasteiger partial charge in [0.25, 0.3) is 0 Å². The molecule has 1 aliphatic heterocycles. The summed E-state index contributed by atoms with van der Waals surface area (Å²) in [6, 6.07) is 9.47. The van der Waals surface area contributed by atoms with Crippen molar-refractivity contribution in [2.45, 2.75) is 44.2 Å². The van der Waals surface area contributed by atoms with Crippen molar-refractivity contribution in [3.63, 3.8) is 0 Å². The molecule has 1 aliphatic rings. The number of carbonyl (C=O) groups excluding carboxylic acids is 1. The molecule has 6 nitrogen and oxygen atoms in total. The minimum Gasteiger partial charge on any atom is -0.481 e. The van der Waals surface area contributed by atoms with Crippen LogP contribution in [-0.4, -0.2) is 52.3 Å². The molecule has 0 radical (unpaired) electrons. The summed E-state index contributed by atoms with van der Waals surface area (Å²) < 4.78 is 0. The van der Waals surface area contributed by atoms with Gasteiger partial charge in [-0.05, 0) is 18.4 Å². The maximum atomic E-state index is 12.1. The van der Waals surface area contributed by atoms with E-state index in [0.717, 1.165) is 12.0 Å². The number of benzene rings is 1. The Morgan fingerprint density at radius 1 is 1.33 bits per heavy atom. The summed E-state index contributed by atoms with van der Waals surface area (Å²) >= 11 is 0. The molecule has 3 N–H and O–H groups in total. The van der Waals surface area contributed by atoms with E-state index in [1.165, 1.54) is 0 Å². The number of carboxylic acid groups (broad SMARTS) is 1. The van der Waals surface area contributed by atoms with Crippen LogP contribution >= 0.6 is 0 Å². The van der Waals surface area contributed by atoms with Crippen LogP contribution in [0.4, 0.5) is 4.79 Å². The van der Waals surface area contributed by atoms with Gasteiger partial charge in [-0.15, -0.1) is 5.92 Å². The van der Waals surface area contributed by atoms with Gasteiger partial charge >= 0.3 is 12.0 Å². The SMILES string of the molecule is O=C(O)CCCC#CCN1C(=O)NCC[C@@H]1C=CC(O)Cc1ccccc1. The second kappa shape index (κ2) is 11.0. The van der Waals surface area contributed by atoms with E-state index < -0.39 is 12.1 Å². The Morgan fingerprint density at radius 2 is 2.11 bits per heavy atom. The quantitative estimate of drug-likeness (QED) is 0.372. The van der Waals surface area contributed by atoms with Crippen molar-refractivity contribution in [3.05, 3.63) is 48.0 Å². The number of hydrogen-bond donors (Lipinski definition) is 3. The summed E-state index contributed by atoms with van der Waals surface area (Å²) in [4.78, 5) is 24.2. The molecule has 6 heteroatoms. The van der Waals surface area contributed by atoms with Crippen LogP contribution in [0.1, 0.15) is 31.2 Å². The maximum Gasteiger partial charge on any atom is 0.318 e. The Balaban J connectivity index is 1.87. The molecule has 1 aromatic rings. The fourth-order valence-corrected chi connectivity index (χ4v) is 2.86. The second-order valence-corrected chi connectivity index (χ2v) is 6.46. The van der Waals surface area contributed by atoms with Crippen molar-refractivity contribution in [2.24, 2.45) is 0 Å². The third kappa shape index (κ3) is 7.55. The minimum atomic E-state index is -0.827. The van der Waals surface area contributed by atoms with Crippen molar-refractivity contribution in [1.29, 1.82) is 0 Å². The number of hydrogen-bond acceptors (Lipinski definition) is 3. The lowest BCUT2D eigenvalue weighted by Crippen LogP contribution is -2.51. The van der Waals surface area contributed by atoms with E-state index in [4.69, 9.17) is 5.11 Å². The van der Waals surface area contributed by atoms with Gasteiger partial charge in [-0.3, -0.25) is 4.79 Å². The van der Waals surface area contributed by atoms with E-state index in [2.05, 4.69) is 17.2 Å². The van der Waals surface area contributed by atoms with Crippen molar-refractivity contribution < 1.29 is 19.8 Å². The highest BCUT2D eigenvalue weighted by Gasteiger charge is 2.25. The molecule has 1 unspecified atom stereocenters. The monoisotopic (exact) mass is 370 g/mol. The van der Waals surface area contributed by atoms with Gasteiger partial charge < -0.3 is 20.4 Å². The van der Waals surface area contributed by atoms with Gasteiger partial charge in [0.2, 0.25) is 0 Å². The normalized spacial score (nSPS) is 17.9. The second-order valence-electron chi connectivity index (χ2n) is 6.46. The minimum absolute atomic E-state index is 0.101. The molecule has 0 spiro atoms. The number of unbranched alkanes of at least 4 members (excludes halogenated alkanes) is 1. The molecule has 0 aliphatic carbocycles. The lowest BCUT2D eigenvalue weighted by atomic mass is 10.0. The Bertz CT molecular complexity index is 706. The van der Waals surface area contributed by atoms with Gasteiger partial charge in [0.1, 0.15) is 0 Å². The van der Waals surface area contributed by atoms with Gasteiger partial charge in [-0.1, -0.05) is 48.4 Å². The average Bonchev–Trinajstić information content (AvgIpc) is 2.65. The molecule has 0 bridgehead atoms. The van der Waals surface area contributed by atoms with Crippen molar-refractivity contribution in [1.82, 2.24) is 10.2 Å². The number of nitrogens with zero attached hydrogens (tertiary/aromatic N) is 1. The summed E-state index contributed by atoms with van der Waals surface area (Å²) in [6.45, 7) is 0.869. The van der Waals surface area contributed by atoms with Crippen LogP contribution < -0.4 is 5.32 Å². The van der Waals surface area contributed by atoms with Crippen molar-refractivity contribution in [2.75, 3.05) is 13.1 Å². The fourth-order valence-electron chi connectivity index (χ4n) is 2.86. The molecular weight excluding hydrogens is 344 g/mol. The van der Waals surface area contributed by atoms with Gasteiger partial charge in [-0.25, -0.2) is 4.79 Å². The summed E-state index contributed by atoms with van der Waals surface area (Å²) in [5.74, 6) is 5.03. The number of carboxylic acids is 1. The maximum absolute atomic E-state index is 12.1. The lowest BCUT2D eigenvalue weighted by molar-refractivity contribution is -0.137. The van der Waals surface area contributed by atoms with E-state index in [-0.39, 0.29) is 25.0 Å². The van der Waals surface area contributed by atoms with E-state index in [0.29, 0.717) is 25.8 Å². The van der Waals surface area contributed by atoms with Crippen LogP contribution in [0.5, 0.6) is 0 Å². The Morgan fingerprint density at radius 3 is 2.85 bits per heavy atom. The van der Waals surface area contributed by atoms with E-state index in [1.807, 2.05) is 36.4 Å². The van der Waals surface area contributed by atoms with Crippen LogP contribution in [0.25, 0.3) is 0 Å². The summed E-state index contributed by atoms with van der Waals surface area (Å²) in [6.07, 6.45) is 5.38. The number of nitrogens with one attached hydrogen (secondary N) is 1. The zero-order chi connectivity index (χ0) is 19.5. The summed E-state index contributed by atoms with van der Waals surface area (Å²) in [7, 11) is 0. The van der Waals surface area contributed by atoms with Crippen LogP contribution in [0.15, 0.2) is 42.5 Å². The van der Waals surface area contributed by atoms with Gasteiger partial charge in [0, 0.05) is 25.8 Å². The third-order valence-electron chi connectivity index (χ3n) is 4.29. The topological polar surface area (TPSA) is 89.9 Å². The summed E-state index contributed by atoms with van der Waals surface area (Å²) in [5, 5.41) is 21.6. The molecule has 1 aromatic carbocycles. The highest BCUT2D eigenvalue weighted by atomic mass is 16.4. The summed E-state index contributed by atoms with van der Waals surface area (Å²) in [5.41, 5.74) is 1.06. The number of aliphatic carboxylic acids is 1. The number of rotatable bonds is 8.